The van der Waals surface area contributed by atoms with Crippen LogP contribution in [0.5, 0.6) is 0 Å². The number of hydrogen-bond donors (Lipinski definition) is 0. The molecule has 0 N–H and O–H groups in total. The lowest BCUT2D eigenvalue weighted by Gasteiger charge is -2.42. The molecule has 0 saturated heterocycles. The van der Waals surface area contributed by atoms with Gasteiger partial charge in [-0.2, -0.15) is 0 Å². The largest absolute Gasteiger partial charge is 0.299 e. The first-order valence-corrected chi connectivity index (χ1v) is 7.23. The Morgan fingerprint density at radius 2 is 2.33 bits per heavy atom. The smallest absolute Gasteiger partial charge is 0.136 e. The molecule has 0 amide bonds. The molecule has 4 atom stereocenters. The van der Waals surface area contributed by atoms with Gasteiger partial charge in [-0.1, -0.05) is 25.8 Å². The predicted molar refractivity (Wildman–Crippen MR) is 74.9 cm³/mol. The first kappa shape index (κ1) is 13.4. The van der Waals surface area contributed by atoms with Crippen molar-refractivity contribution in [3.8, 4) is 12.3 Å². The summed E-state index contributed by atoms with van der Waals surface area (Å²) in [6, 6.07) is 0. The fourth-order valence-electron chi connectivity index (χ4n) is 4.42. The van der Waals surface area contributed by atoms with Gasteiger partial charge in [-0.3, -0.25) is 4.79 Å². The van der Waals surface area contributed by atoms with Crippen LogP contribution in [0.4, 0.5) is 0 Å². The molecule has 0 spiro atoms. The maximum absolute atomic E-state index is 12.1. The molecule has 0 unspecified atom stereocenters. The molecule has 98 valence electrons. The minimum Gasteiger partial charge on any atom is -0.299 e. The van der Waals surface area contributed by atoms with E-state index < -0.39 is 0 Å². The van der Waals surface area contributed by atoms with Crippen LogP contribution in [-0.4, -0.2) is 5.78 Å². The van der Waals surface area contributed by atoms with Gasteiger partial charge in [0.25, 0.3) is 0 Å². The monoisotopic (exact) mass is 244 g/mol. The van der Waals surface area contributed by atoms with Gasteiger partial charge in [0, 0.05) is 12.3 Å². The summed E-state index contributed by atoms with van der Waals surface area (Å²) in [6.07, 6.45) is 15.7. The van der Waals surface area contributed by atoms with Crippen molar-refractivity contribution in [3.05, 3.63) is 12.2 Å². The molecule has 0 aromatic carbocycles. The zero-order valence-corrected chi connectivity index (χ0v) is 11.6. The van der Waals surface area contributed by atoms with Crippen molar-refractivity contribution in [2.24, 2.45) is 23.2 Å². The first-order chi connectivity index (χ1) is 8.59. The minimum atomic E-state index is 0.263. The Morgan fingerprint density at radius 3 is 3.06 bits per heavy atom. The van der Waals surface area contributed by atoms with Crippen molar-refractivity contribution in [1.29, 1.82) is 0 Å². The normalized spacial score (nSPS) is 37.5. The predicted octanol–water partition coefficient (Wildman–Crippen LogP) is 3.99. The summed E-state index contributed by atoms with van der Waals surface area (Å²) >= 11 is 0. The molecule has 2 saturated carbocycles. The van der Waals surface area contributed by atoms with E-state index in [1.165, 1.54) is 12.8 Å². The summed E-state index contributed by atoms with van der Waals surface area (Å²) in [5.74, 6) is 4.74. The zero-order chi connectivity index (χ0) is 13.2. The van der Waals surface area contributed by atoms with E-state index in [9.17, 15) is 4.79 Å². The second kappa shape index (κ2) is 5.31. The van der Waals surface area contributed by atoms with E-state index >= 15 is 0 Å². The number of terminal acetylenes is 1. The van der Waals surface area contributed by atoms with Gasteiger partial charge in [-0.05, 0) is 55.4 Å². The quantitative estimate of drug-likeness (QED) is 0.686. The Morgan fingerprint density at radius 1 is 1.56 bits per heavy atom. The lowest BCUT2D eigenvalue weighted by molar-refractivity contribution is -0.130. The third kappa shape index (κ3) is 2.26. The third-order valence-electron chi connectivity index (χ3n) is 5.35. The van der Waals surface area contributed by atoms with Crippen LogP contribution < -0.4 is 0 Å². The number of fused-ring (bicyclic) bond motifs is 1. The molecule has 0 aliphatic heterocycles. The molecule has 0 heterocycles. The number of allylic oxidation sites excluding steroid dienone is 2. The summed E-state index contributed by atoms with van der Waals surface area (Å²) in [5.41, 5.74) is 0.263. The van der Waals surface area contributed by atoms with Gasteiger partial charge in [0.1, 0.15) is 5.78 Å². The highest BCUT2D eigenvalue weighted by Crippen LogP contribution is 2.56. The van der Waals surface area contributed by atoms with Crippen LogP contribution in [0, 0.1) is 35.5 Å². The van der Waals surface area contributed by atoms with Crippen LogP contribution in [0.15, 0.2) is 12.2 Å². The fraction of sp³-hybridized carbons (Fsp3) is 0.706. The van der Waals surface area contributed by atoms with E-state index in [0.29, 0.717) is 23.5 Å². The number of ketones is 1. The summed E-state index contributed by atoms with van der Waals surface area (Å²) in [6.45, 7) is 4.67. The molecular formula is C17H24O. The van der Waals surface area contributed by atoms with E-state index in [2.05, 4.69) is 25.8 Å². The van der Waals surface area contributed by atoms with Gasteiger partial charge in [0.05, 0.1) is 0 Å². The average molecular weight is 244 g/mol. The van der Waals surface area contributed by atoms with Gasteiger partial charge in [-0.15, -0.1) is 6.42 Å². The Hall–Kier alpha value is -1.03. The SMILES string of the molecule is C#CC=CC[C@@H](C)[C@H]1CC[C@H]2C(=O)CCC[C@]12C. The Kier molecular flexibility index (Phi) is 3.95. The van der Waals surface area contributed by atoms with Gasteiger partial charge in [0.15, 0.2) is 0 Å². The van der Waals surface area contributed by atoms with E-state index in [1.807, 2.05) is 0 Å². The van der Waals surface area contributed by atoms with Crippen LogP contribution in [0.1, 0.15) is 52.4 Å². The Bertz CT molecular complexity index is 387. The maximum atomic E-state index is 12.1. The Labute approximate surface area is 111 Å². The molecule has 0 aromatic rings. The average Bonchev–Trinajstić information content (AvgIpc) is 2.68. The van der Waals surface area contributed by atoms with Gasteiger partial charge < -0.3 is 0 Å². The van der Waals surface area contributed by atoms with Gasteiger partial charge >= 0.3 is 0 Å². The van der Waals surface area contributed by atoms with Crippen molar-refractivity contribution in [2.75, 3.05) is 0 Å². The van der Waals surface area contributed by atoms with Crippen LogP contribution in [0.2, 0.25) is 0 Å². The minimum absolute atomic E-state index is 0.263. The molecule has 2 rings (SSSR count). The molecule has 2 fully saturated rings. The van der Waals surface area contributed by atoms with Crippen LogP contribution in [0.3, 0.4) is 0 Å². The van der Waals surface area contributed by atoms with E-state index in [4.69, 9.17) is 6.42 Å². The van der Waals surface area contributed by atoms with E-state index in [0.717, 1.165) is 25.7 Å². The second-order valence-corrected chi connectivity index (χ2v) is 6.34. The highest BCUT2D eigenvalue weighted by molar-refractivity contribution is 5.83. The van der Waals surface area contributed by atoms with Crippen molar-refractivity contribution in [1.82, 2.24) is 0 Å². The number of carbonyl (C=O) groups is 1. The second-order valence-electron chi connectivity index (χ2n) is 6.34. The van der Waals surface area contributed by atoms with Crippen molar-refractivity contribution in [2.45, 2.75) is 52.4 Å². The molecular weight excluding hydrogens is 220 g/mol. The number of hydrogen-bond acceptors (Lipinski definition) is 1. The number of Topliss-reactive ketones (excluding diaryl/α,β-unsaturated/α-hetero) is 1. The third-order valence-corrected chi connectivity index (χ3v) is 5.35. The molecule has 2 aliphatic rings. The lowest BCUT2D eigenvalue weighted by atomic mass is 9.62. The van der Waals surface area contributed by atoms with Crippen molar-refractivity contribution >= 4 is 5.78 Å². The van der Waals surface area contributed by atoms with Gasteiger partial charge in [0.2, 0.25) is 0 Å². The molecule has 18 heavy (non-hydrogen) atoms. The fourth-order valence-corrected chi connectivity index (χ4v) is 4.42. The Balaban J connectivity index is 2.08. The van der Waals surface area contributed by atoms with Gasteiger partial charge in [-0.25, -0.2) is 0 Å². The lowest BCUT2D eigenvalue weighted by Crippen LogP contribution is -2.39. The highest BCUT2D eigenvalue weighted by atomic mass is 16.1. The van der Waals surface area contributed by atoms with Crippen LogP contribution in [-0.2, 0) is 4.79 Å². The van der Waals surface area contributed by atoms with E-state index in [-0.39, 0.29) is 5.41 Å². The molecule has 1 heteroatoms. The maximum Gasteiger partial charge on any atom is 0.136 e. The standard InChI is InChI=1S/C17H24O/c1-4-5-6-8-13(2)14-10-11-15-16(18)9-7-12-17(14,15)3/h1,5-6,13-15H,7-12H2,2-3H3/t13-,14-,15+,17-/m1/s1. The molecule has 0 radical (unpaired) electrons. The van der Waals surface area contributed by atoms with Crippen LogP contribution in [0.25, 0.3) is 0 Å². The highest BCUT2D eigenvalue weighted by Gasteiger charge is 2.51. The molecule has 0 bridgehead atoms. The number of carbonyl (C=O) groups excluding carboxylic acids is 1. The molecule has 2 aliphatic carbocycles. The van der Waals surface area contributed by atoms with Crippen molar-refractivity contribution in [3.63, 3.8) is 0 Å². The van der Waals surface area contributed by atoms with E-state index in [1.54, 1.807) is 6.08 Å². The summed E-state index contributed by atoms with van der Waals surface area (Å²) in [4.78, 5) is 12.1. The topological polar surface area (TPSA) is 17.1 Å². The summed E-state index contributed by atoms with van der Waals surface area (Å²) in [5, 5.41) is 0. The summed E-state index contributed by atoms with van der Waals surface area (Å²) in [7, 11) is 0. The summed E-state index contributed by atoms with van der Waals surface area (Å²) < 4.78 is 0. The molecule has 0 aromatic heterocycles. The molecule has 1 nitrogen and oxygen atoms in total. The number of rotatable bonds is 3. The first-order valence-electron chi connectivity index (χ1n) is 7.23. The zero-order valence-electron chi connectivity index (χ0n) is 11.6. The van der Waals surface area contributed by atoms with Crippen LogP contribution >= 0.6 is 0 Å². The van der Waals surface area contributed by atoms with Crippen molar-refractivity contribution < 1.29 is 4.79 Å².